The van der Waals surface area contributed by atoms with Crippen molar-refractivity contribution in [2.45, 2.75) is 161 Å². The largest absolute Gasteiger partial charge is 0.462 e. The molecule has 1 rings (SSSR count). The van der Waals surface area contributed by atoms with Gasteiger partial charge in [-0.15, -0.1) is 0 Å². The first-order valence-electron chi connectivity index (χ1n) is 15.4. The molecule has 1 aliphatic heterocycles. The summed E-state index contributed by atoms with van der Waals surface area (Å²) < 4.78 is 16.2. The molecule has 1 saturated heterocycles. The van der Waals surface area contributed by atoms with Crippen LogP contribution in [0.15, 0.2) is 12.2 Å². The predicted octanol–water partition coefficient (Wildman–Crippen LogP) is 7.60. The first-order valence-corrected chi connectivity index (χ1v) is 15.4. The van der Waals surface area contributed by atoms with Crippen molar-refractivity contribution in [1.29, 1.82) is 0 Å². The Balaban J connectivity index is 1.94. The molecule has 0 aliphatic carbocycles. The molecule has 37 heavy (non-hydrogen) atoms. The number of hydrogen-bond acceptors (Lipinski definition) is 6. The average molecular weight is 525 g/mol. The Hall–Kier alpha value is -1.40. The third kappa shape index (κ3) is 20.3. The minimum absolute atomic E-state index is 0.0730. The van der Waals surface area contributed by atoms with Crippen LogP contribution < -0.4 is 0 Å². The molecule has 1 aliphatic rings. The van der Waals surface area contributed by atoms with Crippen LogP contribution in [0.2, 0.25) is 0 Å². The fourth-order valence-corrected chi connectivity index (χ4v) is 4.50. The number of aliphatic hydroxyl groups is 1. The Morgan fingerprint density at radius 3 is 2.03 bits per heavy atom. The number of aliphatic hydroxyl groups excluding tert-OH is 1. The van der Waals surface area contributed by atoms with Crippen LogP contribution >= 0.6 is 0 Å². The van der Waals surface area contributed by atoms with E-state index in [2.05, 4.69) is 26.0 Å². The van der Waals surface area contributed by atoms with Gasteiger partial charge in [-0.1, -0.05) is 103 Å². The lowest BCUT2D eigenvalue weighted by Crippen LogP contribution is -2.28. The Bertz CT molecular complexity index is 590. The van der Waals surface area contributed by atoms with Crippen molar-refractivity contribution in [2.75, 3.05) is 13.2 Å². The minimum Gasteiger partial charge on any atom is -0.462 e. The molecule has 0 amide bonds. The zero-order valence-corrected chi connectivity index (χ0v) is 23.9. The number of allylic oxidation sites excluding steroid dienone is 1. The molecule has 0 aromatic carbocycles. The van der Waals surface area contributed by atoms with Gasteiger partial charge in [0.05, 0.1) is 18.8 Å². The standard InChI is InChI=1S/C31H56O6/c1-3-5-7-9-11-15-19-23-30(33)35-26-27(25-32)36-31(34)24-20-16-12-14-18-22-29-28(37-29)21-17-13-10-8-6-4-2/h13,17,27-29,32H,3-12,14-16,18-26H2,1-2H3/b17-13-/t27-,28?,29?/m0/s1. The predicted molar refractivity (Wildman–Crippen MR) is 149 cm³/mol. The van der Waals surface area contributed by atoms with Crippen LogP contribution in [0.5, 0.6) is 0 Å². The molecular weight excluding hydrogens is 468 g/mol. The van der Waals surface area contributed by atoms with Crippen molar-refractivity contribution in [3.63, 3.8) is 0 Å². The minimum atomic E-state index is -0.775. The number of ether oxygens (including phenoxy) is 3. The number of unbranched alkanes of at least 4 members (excludes halogenated alkanes) is 13. The van der Waals surface area contributed by atoms with E-state index in [1.165, 1.54) is 57.8 Å². The van der Waals surface area contributed by atoms with E-state index in [-0.39, 0.29) is 25.2 Å². The van der Waals surface area contributed by atoms with Gasteiger partial charge in [0.25, 0.3) is 0 Å². The van der Waals surface area contributed by atoms with Crippen molar-refractivity contribution in [3.05, 3.63) is 12.2 Å². The molecule has 0 saturated carbocycles. The van der Waals surface area contributed by atoms with Crippen molar-refractivity contribution < 1.29 is 28.9 Å². The molecule has 216 valence electrons. The average Bonchev–Trinajstić information content (AvgIpc) is 3.65. The van der Waals surface area contributed by atoms with Gasteiger partial charge in [-0.05, 0) is 38.5 Å². The number of hydrogen-bond donors (Lipinski definition) is 1. The summed E-state index contributed by atoms with van der Waals surface area (Å²) in [7, 11) is 0. The van der Waals surface area contributed by atoms with Crippen LogP contribution in [0, 0.1) is 0 Å². The molecule has 1 fully saturated rings. The van der Waals surface area contributed by atoms with E-state index in [0.717, 1.165) is 57.8 Å². The quantitative estimate of drug-likeness (QED) is 0.0543. The summed E-state index contributed by atoms with van der Waals surface area (Å²) in [5, 5.41) is 9.45. The zero-order chi connectivity index (χ0) is 27.0. The molecule has 3 atom stereocenters. The lowest BCUT2D eigenvalue weighted by Gasteiger charge is -2.15. The number of carbonyl (C=O) groups is 2. The van der Waals surface area contributed by atoms with Crippen LogP contribution in [-0.4, -0.2) is 48.6 Å². The van der Waals surface area contributed by atoms with Gasteiger partial charge in [0.15, 0.2) is 6.10 Å². The zero-order valence-electron chi connectivity index (χ0n) is 23.9. The maximum Gasteiger partial charge on any atom is 0.306 e. The first kappa shape index (κ1) is 33.6. The van der Waals surface area contributed by atoms with Gasteiger partial charge in [-0.3, -0.25) is 9.59 Å². The monoisotopic (exact) mass is 524 g/mol. The van der Waals surface area contributed by atoms with Gasteiger partial charge < -0.3 is 19.3 Å². The molecular formula is C31H56O6. The van der Waals surface area contributed by atoms with E-state index in [4.69, 9.17) is 14.2 Å². The van der Waals surface area contributed by atoms with Crippen LogP contribution in [-0.2, 0) is 23.8 Å². The fraction of sp³-hybridized carbons (Fsp3) is 0.871. The van der Waals surface area contributed by atoms with E-state index in [1.807, 2.05) is 0 Å². The molecule has 6 heteroatoms. The van der Waals surface area contributed by atoms with Crippen molar-refractivity contribution in [1.82, 2.24) is 0 Å². The molecule has 0 spiro atoms. The van der Waals surface area contributed by atoms with Crippen molar-refractivity contribution in [3.8, 4) is 0 Å². The molecule has 1 N–H and O–H groups in total. The lowest BCUT2D eigenvalue weighted by atomic mass is 10.1. The van der Waals surface area contributed by atoms with Gasteiger partial charge in [-0.2, -0.15) is 0 Å². The maximum atomic E-state index is 12.1. The highest BCUT2D eigenvalue weighted by Crippen LogP contribution is 2.30. The summed E-state index contributed by atoms with van der Waals surface area (Å²) >= 11 is 0. The van der Waals surface area contributed by atoms with E-state index in [9.17, 15) is 14.7 Å². The fourth-order valence-electron chi connectivity index (χ4n) is 4.50. The van der Waals surface area contributed by atoms with E-state index >= 15 is 0 Å². The van der Waals surface area contributed by atoms with Crippen molar-refractivity contribution in [2.24, 2.45) is 0 Å². The maximum absolute atomic E-state index is 12.1. The summed E-state index contributed by atoms with van der Waals surface area (Å²) in [6, 6.07) is 0. The SMILES string of the molecule is CCCCC/C=C\CC1OC1CCCCCCCC(=O)O[C@@H](CO)COC(=O)CCCCCCCCC. The number of esters is 2. The normalized spacial score (nSPS) is 17.7. The third-order valence-electron chi connectivity index (χ3n) is 6.98. The van der Waals surface area contributed by atoms with Crippen LogP contribution in [0.3, 0.4) is 0 Å². The van der Waals surface area contributed by atoms with E-state index < -0.39 is 6.10 Å². The Morgan fingerprint density at radius 1 is 0.757 bits per heavy atom. The Kier molecular flexibility index (Phi) is 21.5. The molecule has 6 nitrogen and oxygen atoms in total. The number of rotatable bonds is 26. The van der Waals surface area contributed by atoms with Gasteiger partial charge in [0, 0.05) is 12.8 Å². The first-order chi connectivity index (χ1) is 18.1. The highest BCUT2D eigenvalue weighted by molar-refractivity contribution is 5.70. The molecule has 0 radical (unpaired) electrons. The van der Waals surface area contributed by atoms with Crippen LogP contribution in [0.4, 0.5) is 0 Å². The number of carbonyl (C=O) groups excluding carboxylic acids is 2. The van der Waals surface area contributed by atoms with Gasteiger partial charge >= 0.3 is 11.9 Å². The highest BCUT2D eigenvalue weighted by atomic mass is 16.6. The molecule has 0 bridgehead atoms. The summed E-state index contributed by atoms with van der Waals surface area (Å²) in [6.07, 6.45) is 25.8. The van der Waals surface area contributed by atoms with Crippen LogP contribution in [0.1, 0.15) is 142 Å². The second-order valence-electron chi connectivity index (χ2n) is 10.6. The van der Waals surface area contributed by atoms with E-state index in [0.29, 0.717) is 25.0 Å². The highest BCUT2D eigenvalue weighted by Gasteiger charge is 2.36. The summed E-state index contributed by atoms with van der Waals surface area (Å²) in [5.74, 6) is -0.621. The molecule has 0 aromatic heterocycles. The topological polar surface area (TPSA) is 85.4 Å². The van der Waals surface area contributed by atoms with E-state index in [1.54, 1.807) is 0 Å². The smallest absolute Gasteiger partial charge is 0.306 e. The second kappa shape index (κ2) is 23.7. The molecule has 0 aromatic rings. The summed E-state index contributed by atoms with van der Waals surface area (Å²) in [5.41, 5.74) is 0. The van der Waals surface area contributed by atoms with Gasteiger partial charge in [-0.25, -0.2) is 0 Å². The Morgan fingerprint density at radius 2 is 1.35 bits per heavy atom. The Labute approximate surface area is 226 Å². The lowest BCUT2D eigenvalue weighted by molar-refractivity contribution is -0.161. The van der Waals surface area contributed by atoms with Gasteiger partial charge in [0.1, 0.15) is 6.61 Å². The second-order valence-corrected chi connectivity index (χ2v) is 10.6. The summed E-state index contributed by atoms with van der Waals surface area (Å²) in [4.78, 5) is 23.9. The van der Waals surface area contributed by atoms with Crippen molar-refractivity contribution >= 4 is 11.9 Å². The molecule has 1 heterocycles. The van der Waals surface area contributed by atoms with Gasteiger partial charge in [0.2, 0.25) is 0 Å². The third-order valence-corrected chi connectivity index (χ3v) is 6.98. The van der Waals surface area contributed by atoms with Crippen LogP contribution in [0.25, 0.3) is 0 Å². The number of epoxide rings is 1. The summed E-state index contributed by atoms with van der Waals surface area (Å²) in [6.45, 7) is 4.02. The molecule has 2 unspecified atom stereocenters.